The lowest BCUT2D eigenvalue weighted by Gasteiger charge is -2.21. The van der Waals surface area contributed by atoms with E-state index in [2.05, 4.69) is 48.5 Å². The molecule has 0 aliphatic rings. The number of phosphoric acid groups is 2. The summed E-state index contributed by atoms with van der Waals surface area (Å²) in [5.74, 6) is 0.375. The van der Waals surface area contributed by atoms with Gasteiger partial charge in [-0.2, -0.15) is 0 Å². The Labute approximate surface area is 696 Å². The fourth-order valence-electron chi connectivity index (χ4n) is 14.7. The molecular formula is C94H184O17P2. The van der Waals surface area contributed by atoms with Crippen molar-refractivity contribution in [2.75, 3.05) is 39.6 Å². The predicted octanol–water partition coefficient (Wildman–Crippen LogP) is 29.2. The molecule has 7 atom stereocenters. The van der Waals surface area contributed by atoms with Crippen molar-refractivity contribution in [3.8, 4) is 0 Å². The van der Waals surface area contributed by atoms with Gasteiger partial charge in [-0.25, -0.2) is 9.13 Å². The Morgan fingerprint density at radius 1 is 0.257 bits per heavy atom. The van der Waals surface area contributed by atoms with E-state index in [9.17, 15) is 43.2 Å². The minimum atomic E-state index is -4.97. The van der Waals surface area contributed by atoms with Crippen LogP contribution in [0, 0.1) is 17.8 Å². The molecule has 0 spiro atoms. The van der Waals surface area contributed by atoms with Gasteiger partial charge in [0.2, 0.25) is 0 Å². The Morgan fingerprint density at radius 3 is 0.673 bits per heavy atom. The summed E-state index contributed by atoms with van der Waals surface area (Å²) in [5, 5.41) is 10.7. The highest BCUT2D eigenvalue weighted by Crippen LogP contribution is 2.45. The van der Waals surface area contributed by atoms with Crippen LogP contribution in [0.4, 0.5) is 0 Å². The number of aliphatic hydroxyl groups is 1. The maximum atomic E-state index is 13.2. The second kappa shape index (κ2) is 83.7. The van der Waals surface area contributed by atoms with E-state index in [1.807, 2.05) is 0 Å². The summed E-state index contributed by atoms with van der Waals surface area (Å²) in [6.07, 6.45) is 77.9. The molecule has 0 saturated heterocycles. The van der Waals surface area contributed by atoms with E-state index < -0.39 is 97.5 Å². The van der Waals surface area contributed by atoms with Crippen LogP contribution in [0.2, 0.25) is 0 Å². The largest absolute Gasteiger partial charge is 0.472 e. The molecule has 4 unspecified atom stereocenters. The van der Waals surface area contributed by atoms with Crippen LogP contribution in [0.3, 0.4) is 0 Å². The van der Waals surface area contributed by atoms with Gasteiger partial charge in [0.25, 0.3) is 0 Å². The van der Waals surface area contributed by atoms with Gasteiger partial charge in [-0.1, -0.05) is 453 Å². The summed E-state index contributed by atoms with van der Waals surface area (Å²) in [6.45, 7) is 12.1. The zero-order valence-corrected chi connectivity index (χ0v) is 76.7. The molecule has 672 valence electrons. The van der Waals surface area contributed by atoms with Crippen LogP contribution in [-0.2, 0) is 65.4 Å². The quantitative estimate of drug-likeness (QED) is 0.0222. The number of rotatable bonds is 92. The maximum absolute atomic E-state index is 13.2. The number of hydrogen-bond donors (Lipinski definition) is 3. The second-order valence-corrected chi connectivity index (χ2v) is 37.6. The van der Waals surface area contributed by atoms with Crippen LogP contribution >= 0.6 is 15.6 Å². The average Bonchev–Trinajstić information content (AvgIpc) is 0.898. The molecule has 0 aromatic rings. The van der Waals surface area contributed by atoms with Gasteiger partial charge in [0.1, 0.15) is 19.3 Å². The molecule has 0 fully saturated rings. The number of unbranched alkanes of at least 4 members (excludes halogenated alkanes) is 58. The zero-order valence-electron chi connectivity index (χ0n) is 74.9. The summed E-state index contributed by atoms with van der Waals surface area (Å²) in [7, 11) is -9.94. The molecule has 0 amide bonds. The van der Waals surface area contributed by atoms with E-state index in [1.54, 1.807) is 0 Å². The first-order valence-corrected chi connectivity index (χ1v) is 51.4. The van der Waals surface area contributed by atoms with Gasteiger partial charge >= 0.3 is 39.5 Å². The van der Waals surface area contributed by atoms with Crippen molar-refractivity contribution < 1.29 is 80.2 Å². The third-order valence-electron chi connectivity index (χ3n) is 22.9. The van der Waals surface area contributed by atoms with E-state index in [1.165, 1.54) is 315 Å². The van der Waals surface area contributed by atoms with Gasteiger partial charge in [-0.15, -0.1) is 0 Å². The number of carbonyl (C=O) groups excluding carboxylic acids is 4. The lowest BCUT2D eigenvalue weighted by molar-refractivity contribution is -0.161. The zero-order chi connectivity index (χ0) is 82.9. The van der Waals surface area contributed by atoms with Crippen LogP contribution in [0.25, 0.3) is 0 Å². The molecule has 0 bridgehead atoms. The van der Waals surface area contributed by atoms with Gasteiger partial charge in [0.05, 0.1) is 26.4 Å². The number of hydrogen-bond acceptors (Lipinski definition) is 15. The van der Waals surface area contributed by atoms with Crippen molar-refractivity contribution in [3.63, 3.8) is 0 Å². The SMILES string of the molecule is CCCCCCCCCCCCCCCCCCCCC(=O)O[C@H](COC(=O)CCCCCCCCCCC(C)C)COP(=O)(O)OC[C@H](O)COP(=O)(O)OC[C@@H](COC(=O)CCCCCCCCCCCCCCCCCCCCC(C)CC)OC(=O)CCCCCCCCCCCCCCCCCCCCC(C)CC. The Bertz CT molecular complexity index is 2170. The molecule has 3 N–H and O–H groups in total. The summed E-state index contributed by atoms with van der Waals surface area (Å²) in [6, 6.07) is 0. The second-order valence-electron chi connectivity index (χ2n) is 34.7. The van der Waals surface area contributed by atoms with Crippen molar-refractivity contribution in [3.05, 3.63) is 0 Å². The molecule has 0 aromatic heterocycles. The number of esters is 4. The smallest absolute Gasteiger partial charge is 0.462 e. The highest BCUT2D eigenvalue weighted by atomic mass is 31.2. The van der Waals surface area contributed by atoms with Crippen molar-refractivity contribution in [2.24, 2.45) is 17.8 Å². The minimum Gasteiger partial charge on any atom is -0.462 e. The highest BCUT2D eigenvalue weighted by molar-refractivity contribution is 7.47. The van der Waals surface area contributed by atoms with E-state index in [0.717, 1.165) is 108 Å². The molecule has 0 aromatic carbocycles. The van der Waals surface area contributed by atoms with E-state index in [4.69, 9.17) is 37.0 Å². The first-order valence-electron chi connectivity index (χ1n) is 48.4. The molecule has 0 aliphatic carbocycles. The van der Waals surface area contributed by atoms with Crippen LogP contribution < -0.4 is 0 Å². The lowest BCUT2D eigenvalue weighted by atomic mass is 9.99. The van der Waals surface area contributed by atoms with Gasteiger partial charge < -0.3 is 33.8 Å². The number of phosphoric ester groups is 2. The van der Waals surface area contributed by atoms with Crippen molar-refractivity contribution in [1.82, 2.24) is 0 Å². The van der Waals surface area contributed by atoms with Crippen molar-refractivity contribution in [2.45, 2.75) is 523 Å². The first-order chi connectivity index (χ1) is 54.8. The monoisotopic (exact) mass is 1650 g/mol. The number of aliphatic hydroxyl groups excluding tert-OH is 1. The van der Waals surface area contributed by atoms with Crippen molar-refractivity contribution in [1.29, 1.82) is 0 Å². The summed E-state index contributed by atoms with van der Waals surface area (Å²) in [4.78, 5) is 73.5. The van der Waals surface area contributed by atoms with Gasteiger partial charge in [-0.05, 0) is 43.4 Å². The summed E-state index contributed by atoms with van der Waals surface area (Å²) < 4.78 is 69.1. The van der Waals surface area contributed by atoms with Gasteiger partial charge in [-0.3, -0.25) is 37.3 Å². The fraction of sp³-hybridized carbons (Fsp3) is 0.957. The molecule has 0 rings (SSSR count). The molecule has 17 nitrogen and oxygen atoms in total. The number of ether oxygens (including phenoxy) is 4. The van der Waals surface area contributed by atoms with Crippen LogP contribution in [0.5, 0.6) is 0 Å². The third kappa shape index (κ3) is 84.9. The topological polar surface area (TPSA) is 237 Å². The highest BCUT2D eigenvalue weighted by Gasteiger charge is 2.31. The van der Waals surface area contributed by atoms with E-state index in [-0.39, 0.29) is 25.7 Å². The standard InChI is InChI=1S/C94H184O17P2/c1-8-11-12-13-14-15-16-17-18-19-26-32-37-42-47-56-63-70-78-94(99)111-90(82-105-92(97)76-69-62-55-50-49-51-58-65-72-85(4)5)84-109-113(102,103)107-80-88(95)79-106-112(100,101)108-83-89(110-93(98)77-71-64-57-48-43-38-33-28-23-21-25-30-35-40-45-53-60-67-74-87(7)10-3)81-104-91(96)75-68-61-54-46-41-36-31-27-22-20-24-29-34-39-44-52-59-66-73-86(6)9-2/h85-90,95H,8-84H2,1-7H3,(H,100,101)(H,102,103)/t86?,87?,88-,89-,90-/m1/s1. The van der Waals surface area contributed by atoms with Gasteiger partial charge in [0, 0.05) is 25.7 Å². The van der Waals surface area contributed by atoms with E-state index >= 15 is 0 Å². The molecule has 19 heteroatoms. The first kappa shape index (κ1) is 111. The molecule has 0 radical (unpaired) electrons. The number of carbonyl (C=O) groups is 4. The molecule has 0 saturated carbocycles. The third-order valence-corrected chi connectivity index (χ3v) is 24.8. The van der Waals surface area contributed by atoms with E-state index in [0.29, 0.717) is 25.7 Å². The molecule has 0 aliphatic heterocycles. The van der Waals surface area contributed by atoms with Crippen LogP contribution in [0.1, 0.15) is 504 Å². The normalized spacial score (nSPS) is 14.2. The molecular weight excluding hydrogens is 1460 g/mol. The Morgan fingerprint density at radius 2 is 0.451 bits per heavy atom. The summed E-state index contributed by atoms with van der Waals surface area (Å²) >= 11 is 0. The summed E-state index contributed by atoms with van der Waals surface area (Å²) in [5.41, 5.74) is 0. The average molecular weight is 1650 g/mol. The maximum Gasteiger partial charge on any atom is 0.472 e. The van der Waals surface area contributed by atoms with Crippen LogP contribution in [-0.4, -0.2) is 96.7 Å². The lowest BCUT2D eigenvalue weighted by Crippen LogP contribution is -2.30. The van der Waals surface area contributed by atoms with Crippen LogP contribution in [0.15, 0.2) is 0 Å². The Balaban J connectivity index is 5.23. The van der Waals surface area contributed by atoms with Crippen molar-refractivity contribution >= 4 is 39.5 Å². The Kier molecular flexibility index (Phi) is 82.3. The Hall–Kier alpha value is -1.94. The predicted molar refractivity (Wildman–Crippen MR) is 469 cm³/mol. The fourth-order valence-corrected chi connectivity index (χ4v) is 16.3. The van der Waals surface area contributed by atoms with Gasteiger partial charge in [0.15, 0.2) is 12.2 Å². The minimum absolute atomic E-state index is 0.108. The molecule has 0 heterocycles. The molecule has 113 heavy (non-hydrogen) atoms.